The van der Waals surface area contributed by atoms with Crippen molar-refractivity contribution >= 4 is 57.9 Å². The lowest BCUT2D eigenvalue weighted by Gasteiger charge is -2.35. The number of carbonyl (C=O) groups is 3. The van der Waals surface area contributed by atoms with E-state index in [0.29, 0.717) is 58.6 Å². The minimum absolute atomic E-state index is 0.0259. The highest BCUT2D eigenvalue weighted by molar-refractivity contribution is 7.99. The Morgan fingerprint density at radius 1 is 0.866 bits per heavy atom. The van der Waals surface area contributed by atoms with Crippen molar-refractivity contribution in [3.8, 4) is 16.2 Å². The topological polar surface area (TPSA) is 222 Å². The molecule has 2 unspecified atom stereocenters. The summed E-state index contributed by atoms with van der Waals surface area (Å²) in [4.78, 5) is 59.7. The molecule has 67 heavy (non-hydrogen) atoms. The second-order valence-electron chi connectivity index (χ2n) is 17.1. The highest BCUT2D eigenvalue weighted by atomic mass is 32.2. The SMILES string of the molecule is Cc1ncsc1-c1ccc(C(C)NC(=O)[C@@H]2C[C@@H](O)CN2C(=O)C(NC(=O)COCCOCCOCCOCCOCCOc2ccc3c(c2)Sc2cc([N+](=O)[O-])ccc2N3)C(C)(C)C)cc1. The summed E-state index contributed by atoms with van der Waals surface area (Å²) in [6.45, 7) is 12.3. The van der Waals surface area contributed by atoms with E-state index in [1.54, 1.807) is 23.5 Å². The zero-order valence-corrected chi connectivity index (χ0v) is 40.1. The van der Waals surface area contributed by atoms with Gasteiger partial charge in [-0.3, -0.25) is 24.5 Å². The van der Waals surface area contributed by atoms with E-state index in [4.69, 9.17) is 28.4 Å². The highest BCUT2D eigenvalue weighted by Crippen LogP contribution is 2.46. The van der Waals surface area contributed by atoms with E-state index in [9.17, 15) is 29.6 Å². The zero-order chi connectivity index (χ0) is 47.9. The molecule has 0 spiro atoms. The van der Waals surface area contributed by atoms with Crippen molar-refractivity contribution in [2.24, 2.45) is 5.41 Å². The summed E-state index contributed by atoms with van der Waals surface area (Å²) in [7, 11) is 0. The fraction of sp³-hybridized carbons (Fsp3) is 0.489. The minimum Gasteiger partial charge on any atom is -0.491 e. The predicted molar refractivity (Wildman–Crippen MR) is 253 cm³/mol. The molecule has 1 fully saturated rings. The summed E-state index contributed by atoms with van der Waals surface area (Å²) in [6.07, 6.45) is -0.797. The Balaban J connectivity index is 0.781. The van der Waals surface area contributed by atoms with Crippen LogP contribution in [0.15, 0.2) is 76.0 Å². The molecule has 18 nitrogen and oxygen atoms in total. The van der Waals surface area contributed by atoms with Crippen molar-refractivity contribution in [2.45, 2.75) is 75.1 Å². The second-order valence-corrected chi connectivity index (χ2v) is 19.0. The van der Waals surface area contributed by atoms with Gasteiger partial charge < -0.3 is 54.4 Å². The Labute approximate surface area is 398 Å². The molecule has 3 aromatic carbocycles. The van der Waals surface area contributed by atoms with E-state index < -0.39 is 40.3 Å². The van der Waals surface area contributed by atoms with Crippen LogP contribution in [0, 0.1) is 22.5 Å². The van der Waals surface area contributed by atoms with Crippen molar-refractivity contribution in [1.29, 1.82) is 0 Å². The van der Waals surface area contributed by atoms with Crippen molar-refractivity contribution in [3.63, 3.8) is 0 Å². The number of nitrogens with zero attached hydrogens (tertiary/aromatic N) is 3. The molecule has 1 aromatic heterocycles. The fourth-order valence-corrected chi connectivity index (χ4v) is 9.20. The smallest absolute Gasteiger partial charge is 0.270 e. The van der Waals surface area contributed by atoms with Crippen molar-refractivity contribution in [1.82, 2.24) is 20.5 Å². The van der Waals surface area contributed by atoms with Gasteiger partial charge >= 0.3 is 0 Å². The van der Waals surface area contributed by atoms with Crippen LogP contribution in [0.2, 0.25) is 0 Å². The first-order valence-electron chi connectivity index (χ1n) is 22.2. The molecule has 2 aliphatic heterocycles. The number of aliphatic hydroxyl groups excluding tert-OH is 1. The number of nitro benzene ring substituents is 1. The molecule has 3 heterocycles. The highest BCUT2D eigenvalue weighted by Gasteiger charge is 2.44. The third-order valence-corrected chi connectivity index (χ3v) is 13.0. The van der Waals surface area contributed by atoms with Gasteiger partial charge in [-0.05, 0) is 54.7 Å². The van der Waals surface area contributed by atoms with Gasteiger partial charge in [0.25, 0.3) is 5.69 Å². The van der Waals surface area contributed by atoms with E-state index in [1.807, 2.05) is 82.6 Å². The normalized spacial score (nSPS) is 16.4. The molecule has 4 N–H and O–H groups in total. The summed E-state index contributed by atoms with van der Waals surface area (Å²) in [5, 5.41) is 30.8. The van der Waals surface area contributed by atoms with Gasteiger partial charge in [0.15, 0.2) is 0 Å². The number of non-ortho nitro benzene ring substituents is 1. The average Bonchev–Trinajstić information content (AvgIpc) is 3.92. The van der Waals surface area contributed by atoms with Crippen LogP contribution >= 0.6 is 23.1 Å². The number of hydrogen-bond donors (Lipinski definition) is 4. The molecular formula is C47H60N6O12S2. The number of aryl methyl sites for hydroxylation is 1. The van der Waals surface area contributed by atoms with Crippen molar-refractivity contribution in [3.05, 3.63) is 87.5 Å². The maximum absolute atomic E-state index is 14.0. The Morgan fingerprint density at radius 3 is 2.06 bits per heavy atom. The third-order valence-electron chi connectivity index (χ3n) is 10.9. The van der Waals surface area contributed by atoms with E-state index in [-0.39, 0.29) is 50.4 Å². The maximum Gasteiger partial charge on any atom is 0.270 e. The van der Waals surface area contributed by atoms with Crippen LogP contribution in [-0.2, 0) is 38.1 Å². The van der Waals surface area contributed by atoms with Gasteiger partial charge in [-0.25, -0.2) is 4.98 Å². The van der Waals surface area contributed by atoms with Crippen molar-refractivity contribution in [2.75, 3.05) is 84.5 Å². The first-order valence-corrected chi connectivity index (χ1v) is 23.8. The number of carbonyl (C=O) groups excluding carboxylic acids is 3. The molecule has 2 aliphatic rings. The Morgan fingerprint density at radius 2 is 1.46 bits per heavy atom. The lowest BCUT2D eigenvalue weighted by atomic mass is 9.85. The second kappa shape index (κ2) is 24.7. The number of thiazole rings is 1. The van der Waals surface area contributed by atoms with E-state index >= 15 is 0 Å². The monoisotopic (exact) mass is 964 g/mol. The van der Waals surface area contributed by atoms with Crippen LogP contribution in [0.25, 0.3) is 10.4 Å². The Hall–Kier alpha value is -5.19. The number of nitrogens with one attached hydrogen (secondary N) is 3. The molecule has 0 aliphatic carbocycles. The molecule has 6 rings (SSSR count). The number of anilines is 2. The van der Waals surface area contributed by atoms with Crippen LogP contribution in [0.4, 0.5) is 17.1 Å². The van der Waals surface area contributed by atoms with Crippen LogP contribution in [0.3, 0.4) is 0 Å². The summed E-state index contributed by atoms with van der Waals surface area (Å²) < 4.78 is 33.6. The molecular weight excluding hydrogens is 905 g/mol. The molecule has 0 radical (unpaired) electrons. The van der Waals surface area contributed by atoms with Crippen LogP contribution < -0.4 is 20.7 Å². The van der Waals surface area contributed by atoms with E-state index in [0.717, 1.165) is 42.9 Å². The summed E-state index contributed by atoms with van der Waals surface area (Å²) in [6, 6.07) is 16.1. The largest absolute Gasteiger partial charge is 0.491 e. The Kier molecular flexibility index (Phi) is 18.9. The first-order chi connectivity index (χ1) is 32.2. The Bertz CT molecular complexity index is 2290. The minimum atomic E-state index is -0.975. The number of aliphatic hydroxyl groups is 1. The molecule has 4 aromatic rings. The van der Waals surface area contributed by atoms with Crippen LogP contribution in [-0.4, -0.2) is 135 Å². The molecule has 4 atom stereocenters. The molecule has 362 valence electrons. The van der Waals surface area contributed by atoms with Crippen LogP contribution in [0.5, 0.6) is 5.75 Å². The fourth-order valence-electron chi connectivity index (χ4n) is 7.34. The molecule has 20 heteroatoms. The number of rotatable bonds is 25. The number of ether oxygens (including phenoxy) is 6. The maximum atomic E-state index is 14.0. The zero-order valence-electron chi connectivity index (χ0n) is 38.4. The number of aromatic nitrogens is 1. The predicted octanol–water partition coefficient (Wildman–Crippen LogP) is 6.07. The third kappa shape index (κ3) is 14.9. The molecule has 3 amide bonds. The average molecular weight is 965 g/mol. The van der Waals surface area contributed by atoms with Gasteiger partial charge in [0.1, 0.15) is 31.0 Å². The quantitative estimate of drug-likeness (QED) is 0.0296. The summed E-state index contributed by atoms with van der Waals surface area (Å²) in [5.41, 5.74) is 5.77. The molecule has 0 bridgehead atoms. The molecule has 0 saturated carbocycles. The van der Waals surface area contributed by atoms with Gasteiger partial charge in [-0.15, -0.1) is 11.3 Å². The number of nitro groups is 1. The number of amides is 3. The van der Waals surface area contributed by atoms with Crippen molar-refractivity contribution < 1.29 is 52.8 Å². The van der Waals surface area contributed by atoms with Crippen LogP contribution in [0.1, 0.15) is 51.4 Å². The van der Waals surface area contributed by atoms with Gasteiger partial charge in [-0.1, -0.05) is 56.8 Å². The number of benzene rings is 3. The standard InChI is InChI=1S/C47H60N6O12S2/c1-30(32-6-8-33(9-7-32)43-31(2)48-29-66-43)49-45(56)39-25-35(54)27-52(39)46(57)44(47(3,4)5)51-42(55)28-64-21-20-62-17-16-60-14-15-61-18-19-63-22-23-65-36-11-13-38-41(26-36)67-40-24-34(53(58)59)10-12-37(40)50-38/h6-13,24,26,29-30,35,39,44,50,54H,14-23,25,27-28H2,1-5H3,(H,49,56)(H,51,55)/t30?,35-,39+,44?/m1/s1. The lowest BCUT2D eigenvalue weighted by Crippen LogP contribution is -2.58. The number of likely N-dealkylation sites (tertiary alicyclic amines) is 1. The first kappa shape index (κ1) is 51.2. The number of β-amino-alcohol motifs (C(OH)–C–C–N with tert-alkyl or cyclic N) is 1. The summed E-state index contributed by atoms with van der Waals surface area (Å²) >= 11 is 3.02. The number of hydrogen-bond acceptors (Lipinski definition) is 16. The summed E-state index contributed by atoms with van der Waals surface area (Å²) in [5.74, 6) is -0.651. The lowest BCUT2D eigenvalue weighted by molar-refractivity contribution is -0.385. The number of fused-ring (bicyclic) bond motifs is 2. The van der Waals surface area contributed by atoms with Gasteiger partial charge in [0, 0.05) is 34.9 Å². The van der Waals surface area contributed by atoms with Gasteiger partial charge in [0.05, 0.1) is 104 Å². The van der Waals surface area contributed by atoms with E-state index in [2.05, 4.69) is 20.9 Å². The molecule has 1 saturated heterocycles. The van der Waals surface area contributed by atoms with Gasteiger partial charge in [-0.2, -0.15) is 0 Å². The van der Waals surface area contributed by atoms with E-state index in [1.165, 1.54) is 22.7 Å². The van der Waals surface area contributed by atoms with Gasteiger partial charge in [0.2, 0.25) is 17.7 Å².